The smallest absolute Gasteiger partial charge is 0.190 e. The Morgan fingerprint density at radius 1 is 1.28 bits per heavy atom. The lowest BCUT2D eigenvalue weighted by atomic mass is 10.0. The van der Waals surface area contributed by atoms with Crippen LogP contribution in [-0.2, 0) is 0 Å². The van der Waals surface area contributed by atoms with Gasteiger partial charge in [-0.3, -0.25) is 0 Å². The summed E-state index contributed by atoms with van der Waals surface area (Å²) in [5.41, 5.74) is 6.98. The van der Waals surface area contributed by atoms with Crippen LogP contribution in [0.4, 0.5) is 5.82 Å². The van der Waals surface area contributed by atoms with Gasteiger partial charge in [-0.15, -0.1) is 11.3 Å². The summed E-state index contributed by atoms with van der Waals surface area (Å²) in [5, 5.41) is 0.853. The topological polar surface area (TPSA) is 64.7 Å². The molecule has 0 atom stereocenters. The first-order chi connectivity index (χ1) is 8.72. The van der Waals surface area contributed by atoms with Crippen LogP contribution in [0.1, 0.15) is 37.3 Å². The summed E-state index contributed by atoms with van der Waals surface area (Å²) >= 11 is 3.85. The van der Waals surface area contributed by atoms with Crippen molar-refractivity contribution < 1.29 is 0 Å². The third-order valence-electron chi connectivity index (χ3n) is 3.21. The molecule has 1 fully saturated rings. The molecular weight excluding hydrogens is 359 g/mol. The Hall–Kier alpha value is -0.760. The van der Waals surface area contributed by atoms with Gasteiger partial charge < -0.3 is 5.73 Å². The molecule has 0 amide bonds. The van der Waals surface area contributed by atoms with Crippen molar-refractivity contribution in [1.29, 1.82) is 0 Å². The van der Waals surface area contributed by atoms with Gasteiger partial charge in [0.15, 0.2) is 10.8 Å². The number of thiazole rings is 1. The minimum atomic E-state index is 0.548. The second kappa shape index (κ2) is 5.08. The Kier molecular flexibility index (Phi) is 3.47. The third-order valence-corrected chi connectivity index (χ3v) is 4.93. The lowest BCUT2D eigenvalue weighted by Crippen LogP contribution is -2.03. The number of nitrogens with zero attached hydrogens (tertiary/aromatic N) is 3. The highest BCUT2D eigenvalue weighted by atomic mass is 127. The quantitative estimate of drug-likeness (QED) is 0.821. The summed E-state index contributed by atoms with van der Waals surface area (Å²) in [5.74, 6) is 1.77. The monoisotopic (exact) mass is 372 g/mol. The minimum Gasteiger partial charge on any atom is -0.384 e. The fourth-order valence-electron chi connectivity index (χ4n) is 2.37. The van der Waals surface area contributed by atoms with E-state index in [0.717, 1.165) is 13.6 Å². The van der Waals surface area contributed by atoms with Crippen LogP contribution in [0.3, 0.4) is 0 Å². The van der Waals surface area contributed by atoms with E-state index in [4.69, 9.17) is 5.73 Å². The van der Waals surface area contributed by atoms with Crippen molar-refractivity contribution >= 4 is 39.7 Å². The lowest BCUT2D eigenvalue weighted by molar-refractivity contribution is 0.696. The van der Waals surface area contributed by atoms with Gasteiger partial charge in [0.25, 0.3) is 0 Å². The summed E-state index contributed by atoms with van der Waals surface area (Å²) < 4.78 is 1.14. The number of rotatable bonds is 2. The van der Waals surface area contributed by atoms with Gasteiger partial charge in [0, 0.05) is 17.7 Å². The van der Waals surface area contributed by atoms with E-state index in [1.165, 1.54) is 25.7 Å². The zero-order valence-corrected chi connectivity index (χ0v) is 12.7. The number of aromatic nitrogens is 3. The van der Waals surface area contributed by atoms with E-state index in [1.807, 2.05) is 12.3 Å². The summed E-state index contributed by atoms with van der Waals surface area (Å²) in [6.07, 6.45) is 6.84. The van der Waals surface area contributed by atoms with Gasteiger partial charge in [0.1, 0.15) is 5.82 Å². The molecule has 0 saturated heterocycles. The first-order valence-corrected chi connectivity index (χ1v) is 7.88. The van der Waals surface area contributed by atoms with Crippen LogP contribution in [-0.4, -0.2) is 15.0 Å². The van der Waals surface area contributed by atoms with E-state index in [2.05, 4.69) is 37.5 Å². The number of halogens is 1. The van der Waals surface area contributed by atoms with E-state index in [0.29, 0.717) is 17.6 Å². The summed E-state index contributed by atoms with van der Waals surface area (Å²) in [6, 6.07) is 1.91. The maximum atomic E-state index is 5.90. The predicted molar refractivity (Wildman–Crippen MR) is 81.5 cm³/mol. The molecule has 3 rings (SSSR count). The van der Waals surface area contributed by atoms with Crippen LogP contribution in [0.15, 0.2) is 12.3 Å². The third kappa shape index (κ3) is 2.49. The van der Waals surface area contributed by atoms with Crippen LogP contribution in [0.5, 0.6) is 0 Å². The molecule has 2 aromatic heterocycles. The molecule has 6 heteroatoms. The fourth-order valence-corrected chi connectivity index (χ4v) is 3.71. The van der Waals surface area contributed by atoms with Crippen molar-refractivity contribution in [2.75, 3.05) is 5.73 Å². The molecule has 2 heterocycles. The van der Waals surface area contributed by atoms with Crippen LogP contribution in [0.25, 0.3) is 10.8 Å². The average Bonchev–Trinajstić information content (AvgIpc) is 2.98. The zero-order chi connectivity index (χ0) is 12.5. The number of hydrogen-bond acceptors (Lipinski definition) is 5. The van der Waals surface area contributed by atoms with Crippen molar-refractivity contribution in [1.82, 2.24) is 15.0 Å². The largest absolute Gasteiger partial charge is 0.384 e. The molecule has 0 bridgehead atoms. The SMILES string of the molecule is Nc1cc(C2CCCC2)nc(-c2ncc(I)s2)n1. The Morgan fingerprint density at radius 3 is 2.72 bits per heavy atom. The van der Waals surface area contributed by atoms with Gasteiger partial charge in [-0.05, 0) is 35.4 Å². The highest BCUT2D eigenvalue weighted by molar-refractivity contribution is 14.1. The van der Waals surface area contributed by atoms with Crippen molar-refractivity contribution in [3.8, 4) is 10.8 Å². The second-order valence-electron chi connectivity index (χ2n) is 4.49. The summed E-state index contributed by atoms with van der Waals surface area (Å²) in [4.78, 5) is 13.3. The van der Waals surface area contributed by atoms with Crippen LogP contribution in [0.2, 0.25) is 0 Å². The van der Waals surface area contributed by atoms with Gasteiger partial charge in [-0.2, -0.15) is 0 Å². The molecule has 0 aliphatic heterocycles. The van der Waals surface area contributed by atoms with Crippen LogP contribution < -0.4 is 5.73 Å². The highest BCUT2D eigenvalue weighted by Gasteiger charge is 2.20. The van der Waals surface area contributed by atoms with E-state index >= 15 is 0 Å². The van der Waals surface area contributed by atoms with Gasteiger partial charge in [-0.25, -0.2) is 15.0 Å². The van der Waals surface area contributed by atoms with E-state index < -0.39 is 0 Å². The van der Waals surface area contributed by atoms with Gasteiger partial charge in [-0.1, -0.05) is 12.8 Å². The fraction of sp³-hybridized carbons (Fsp3) is 0.417. The molecule has 0 aromatic carbocycles. The highest BCUT2D eigenvalue weighted by Crippen LogP contribution is 2.34. The summed E-state index contributed by atoms with van der Waals surface area (Å²) in [6.45, 7) is 0. The predicted octanol–water partition coefficient (Wildman–Crippen LogP) is 3.44. The Bertz CT molecular complexity index is 563. The van der Waals surface area contributed by atoms with Crippen molar-refractivity contribution in [2.45, 2.75) is 31.6 Å². The number of nitrogen functional groups attached to an aromatic ring is 1. The van der Waals surface area contributed by atoms with Gasteiger partial charge >= 0.3 is 0 Å². The molecule has 4 nitrogen and oxygen atoms in total. The average molecular weight is 372 g/mol. The van der Waals surface area contributed by atoms with E-state index in [-0.39, 0.29) is 0 Å². The Balaban J connectivity index is 1.99. The lowest BCUT2D eigenvalue weighted by Gasteiger charge is -2.09. The maximum absolute atomic E-state index is 5.90. The molecular formula is C12H13IN4S. The van der Waals surface area contributed by atoms with Crippen molar-refractivity contribution in [2.24, 2.45) is 0 Å². The molecule has 0 spiro atoms. The van der Waals surface area contributed by atoms with E-state index in [9.17, 15) is 0 Å². The van der Waals surface area contributed by atoms with Gasteiger partial charge in [0.2, 0.25) is 0 Å². The number of hydrogen-bond donors (Lipinski definition) is 1. The molecule has 1 aliphatic carbocycles. The maximum Gasteiger partial charge on any atom is 0.190 e. The van der Waals surface area contributed by atoms with Crippen molar-refractivity contribution in [3.63, 3.8) is 0 Å². The Labute approximate surface area is 123 Å². The van der Waals surface area contributed by atoms with Crippen LogP contribution in [0, 0.1) is 2.88 Å². The molecule has 2 aromatic rings. The van der Waals surface area contributed by atoms with E-state index in [1.54, 1.807) is 11.3 Å². The first kappa shape index (κ1) is 12.3. The summed E-state index contributed by atoms with van der Waals surface area (Å²) in [7, 11) is 0. The zero-order valence-electron chi connectivity index (χ0n) is 9.77. The molecule has 94 valence electrons. The standard InChI is InChI=1S/C12H13IN4S/c13-9-6-15-12(18-9)11-16-8(5-10(14)17-11)7-3-1-2-4-7/h5-7H,1-4H2,(H2,14,16,17). The van der Waals surface area contributed by atoms with Gasteiger partial charge in [0.05, 0.1) is 9.08 Å². The molecule has 18 heavy (non-hydrogen) atoms. The molecule has 0 unspecified atom stereocenters. The number of anilines is 1. The molecule has 2 N–H and O–H groups in total. The van der Waals surface area contributed by atoms with Crippen molar-refractivity contribution in [3.05, 3.63) is 20.8 Å². The first-order valence-electron chi connectivity index (χ1n) is 5.98. The molecule has 1 aliphatic rings. The second-order valence-corrected chi connectivity index (χ2v) is 7.42. The molecule has 1 saturated carbocycles. The Morgan fingerprint density at radius 2 is 2.06 bits per heavy atom. The minimum absolute atomic E-state index is 0.548. The molecule has 0 radical (unpaired) electrons. The number of nitrogens with two attached hydrogens (primary N) is 1. The normalized spacial score (nSPS) is 16.3. The van der Waals surface area contributed by atoms with Crippen LogP contribution >= 0.6 is 33.9 Å².